The predicted octanol–water partition coefficient (Wildman–Crippen LogP) is 1.62. The molecule has 0 aliphatic heterocycles. The molecule has 18 heavy (non-hydrogen) atoms. The van der Waals surface area contributed by atoms with E-state index in [9.17, 15) is 4.79 Å². The summed E-state index contributed by atoms with van der Waals surface area (Å²) in [5, 5.41) is 6.68. The molecule has 0 aliphatic carbocycles. The van der Waals surface area contributed by atoms with E-state index >= 15 is 0 Å². The number of nitrogens with zero attached hydrogens (tertiary/aromatic N) is 2. The third kappa shape index (κ3) is 3.84. The van der Waals surface area contributed by atoms with Gasteiger partial charge in [0.1, 0.15) is 5.76 Å². The number of carbonyl (C=O) groups excluding carboxylic acids is 1. The van der Waals surface area contributed by atoms with Crippen LogP contribution in [0.3, 0.4) is 0 Å². The van der Waals surface area contributed by atoms with Gasteiger partial charge >= 0.3 is 0 Å². The van der Waals surface area contributed by atoms with Crippen molar-refractivity contribution in [3.05, 3.63) is 17.0 Å². The first-order valence-electron chi connectivity index (χ1n) is 6.52. The zero-order chi connectivity index (χ0) is 13.5. The van der Waals surface area contributed by atoms with Crippen LogP contribution >= 0.6 is 0 Å². The Balaban J connectivity index is 2.43. The Morgan fingerprint density at radius 3 is 2.67 bits per heavy atom. The van der Waals surface area contributed by atoms with Crippen LogP contribution in [0.4, 0.5) is 0 Å². The molecule has 0 aliphatic rings. The van der Waals surface area contributed by atoms with Crippen molar-refractivity contribution in [3.63, 3.8) is 0 Å². The highest BCUT2D eigenvalue weighted by atomic mass is 16.5. The van der Waals surface area contributed by atoms with Gasteiger partial charge in [0.25, 0.3) is 5.91 Å². The van der Waals surface area contributed by atoms with E-state index in [1.54, 1.807) is 0 Å². The van der Waals surface area contributed by atoms with Gasteiger partial charge in [-0.25, -0.2) is 0 Å². The minimum absolute atomic E-state index is 0.152. The van der Waals surface area contributed by atoms with E-state index < -0.39 is 0 Å². The first kappa shape index (κ1) is 14.7. The van der Waals surface area contributed by atoms with E-state index in [0.29, 0.717) is 12.2 Å². The van der Waals surface area contributed by atoms with Crippen LogP contribution in [0.1, 0.15) is 42.1 Å². The summed E-state index contributed by atoms with van der Waals surface area (Å²) in [6, 6.07) is 0. The molecule has 1 heterocycles. The maximum atomic E-state index is 11.9. The number of hydrogen-bond acceptors (Lipinski definition) is 4. The van der Waals surface area contributed by atoms with Gasteiger partial charge in [0, 0.05) is 25.1 Å². The number of amides is 1. The molecule has 0 spiro atoms. The van der Waals surface area contributed by atoms with Crippen LogP contribution in [-0.4, -0.2) is 42.6 Å². The van der Waals surface area contributed by atoms with Crippen LogP contribution < -0.4 is 5.32 Å². The molecule has 0 fully saturated rings. The molecule has 1 N–H and O–H groups in total. The van der Waals surface area contributed by atoms with Gasteiger partial charge in [0.2, 0.25) is 0 Å². The molecule has 5 heteroatoms. The molecule has 0 bridgehead atoms. The summed E-state index contributed by atoms with van der Waals surface area (Å²) in [5.74, 6) is 0.629. The van der Waals surface area contributed by atoms with Gasteiger partial charge in [-0.15, -0.1) is 0 Å². The largest absolute Gasteiger partial charge is 0.360 e. The molecule has 0 radical (unpaired) electrons. The number of aryl methyl sites for hydroxylation is 1. The lowest BCUT2D eigenvalue weighted by molar-refractivity contribution is 0.0940. The van der Waals surface area contributed by atoms with Crippen molar-refractivity contribution in [2.45, 2.75) is 33.6 Å². The molecule has 5 nitrogen and oxygen atoms in total. The van der Waals surface area contributed by atoms with E-state index in [0.717, 1.165) is 37.3 Å². The van der Waals surface area contributed by atoms with Crippen LogP contribution in [0, 0.1) is 6.92 Å². The van der Waals surface area contributed by atoms with Gasteiger partial charge in [-0.1, -0.05) is 19.0 Å². The van der Waals surface area contributed by atoms with Gasteiger partial charge < -0.3 is 14.7 Å². The molecular weight excluding hydrogens is 230 g/mol. The number of nitrogens with one attached hydrogen (secondary N) is 1. The highest BCUT2D eigenvalue weighted by molar-refractivity contribution is 5.93. The Morgan fingerprint density at radius 2 is 2.11 bits per heavy atom. The number of rotatable bonds is 7. The lowest BCUT2D eigenvalue weighted by Gasteiger charge is -2.15. The second-order valence-corrected chi connectivity index (χ2v) is 4.49. The smallest absolute Gasteiger partial charge is 0.273 e. The molecule has 1 rings (SSSR count). The van der Waals surface area contributed by atoms with E-state index in [1.807, 2.05) is 20.9 Å². The normalized spacial score (nSPS) is 10.9. The van der Waals surface area contributed by atoms with E-state index in [4.69, 9.17) is 4.52 Å². The van der Waals surface area contributed by atoms with Gasteiger partial charge in [0.05, 0.1) is 0 Å². The number of aromatic nitrogens is 1. The minimum atomic E-state index is -0.152. The van der Waals surface area contributed by atoms with Crippen LogP contribution in [0.15, 0.2) is 4.52 Å². The summed E-state index contributed by atoms with van der Waals surface area (Å²) in [4.78, 5) is 14.1. The second-order valence-electron chi connectivity index (χ2n) is 4.49. The molecule has 1 amide bonds. The molecule has 0 aromatic carbocycles. The van der Waals surface area contributed by atoms with Crippen LogP contribution in [-0.2, 0) is 6.42 Å². The lowest BCUT2D eigenvalue weighted by atomic mass is 10.2. The van der Waals surface area contributed by atoms with Crippen molar-refractivity contribution < 1.29 is 9.32 Å². The third-order valence-corrected chi connectivity index (χ3v) is 2.94. The molecule has 0 saturated carbocycles. The predicted molar refractivity (Wildman–Crippen MR) is 70.7 cm³/mol. The number of likely N-dealkylation sites (N-methyl/N-ethyl adjacent to an activating group) is 1. The van der Waals surface area contributed by atoms with Crippen molar-refractivity contribution in [2.24, 2.45) is 0 Å². The maximum Gasteiger partial charge on any atom is 0.273 e. The Bertz CT molecular complexity index is 388. The fourth-order valence-electron chi connectivity index (χ4n) is 1.85. The summed E-state index contributed by atoms with van der Waals surface area (Å²) in [5.41, 5.74) is 1.25. The summed E-state index contributed by atoms with van der Waals surface area (Å²) in [6.07, 6.45) is 1.87. The van der Waals surface area contributed by atoms with Crippen LogP contribution in [0.2, 0.25) is 0 Å². The third-order valence-electron chi connectivity index (χ3n) is 2.94. The monoisotopic (exact) mass is 253 g/mol. The summed E-state index contributed by atoms with van der Waals surface area (Å²) >= 11 is 0. The topological polar surface area (TPSA) is 58.4 Å². The van der Waals surface area contributed by atoms with Crippen molar-refractivity contribution >= 4 is 5.91 Å². The van der Waals surface area contributed by atoms with E-state index in [2.05, 4.69) is 22.3 Å². The average Bonchev–Trinajstić information content (AvgIpc) is 2.70. The molecule has 1 aromatic heterocycles. The Hall–Kier alpha value is -1.36. The molecule has 0 atom stereocenters. The molecule has 0 unspecified atom stereocenters. The summed E-state index contributed by atoms with van der Waals surface area (Å²) < 4.78 is 5.11. The zero-order valence-electron chi connectivity index (χ0n) is 11.7. The fourth-order valence-corrected chi connectivity index (χ4v) is 1.85. The van der Waals surface area contributed by atoms with Gasteiger partial charge in [0.15, 0.2) is 5.69 Å². The second kappa shape index (κ2) is 7.16. The Labute approximate surface area is 109 Å². The SMILES string of the molecule is CCCN(C)CCNC(=O)c1noc(CC)c1C. The van der Waals surface area contributed by atoms with E-state index in [-0.39, 0.29) is 5.91 Å². The fraction of sp³-hybridized carbons (Fsp3) is 0.692. The maximum absolute atomic E-state index is 11.9. The quantitative estimate of drug-likeness (QED) is 0.802. The van der Waals surface area contributed by atoms with Crippen molar-refractivity contribution in [3.8, 4) is 0 Å². The highest BCUT2D eigenvalue weighted by Crippen LogP contribution is 2.12. The molecular formula is C13H23N3O2. The average molecular weight is 253 g/mol. The van der Waals surface area contributed by atoms with Gasteiger partial charge in [-0.3, -0.25) is 4.79 Å². The van der Waals surface area contributed by atoms with Crippen molar-refractivity contribution in [1.82, 2.24) is 15.4 Å². The minimum Gasteiger partial charge on any atom is -0.360 e. The summed E-state index contributed by atoms with van der Waals surface area (Å²) in [7, 11) is 2.05. The van der Waals surface area contributed by atoms with Gasteiger partial charge in [-0.2, -0.15) is 0 Å². The molecule has 1 aromatic rings. The number of carbonyl (C=O) groups is 1. The molecule has 102 valence electrons. The van der Waals surface area contributed by atoms with Crippen molar-refractivity contribution in [1.29, 1.82) is 0 Å². The number of hydrogen-bond donors (Lipinski definition) is 1. The first-order chi connectivity index (χ1) is 8.60. The lowest BCUT2D eigenvalue weighted by Crippen LogP contribution is -2.33. The van der Waals surface area contributed by atoms with Crippen LogP contribution in [0.25, 0.3) is 0 Å². The Kier molecular flexibility index (Phi) is 5.85. The van der Waals surface area contributed by atoms with Gasteiger partial charge in [-0.05, 0) is 26.9 Å². The standard InChI is InChI=1S/C13H23N3O2/c1-5-8-16(4)9-7-14-13(17)12-10(3)11(6-2)18-15-12/h5-9H2,1-4H3,(H,14,17). The molecule has 0 saturated heterocycles. The highest BCUT2D eigenvalue weighted by Gasteiger charge is 2.17. The first-order valence-corrected chi connectivity index (χ1v) is 6.52. The zero-order valence-corrected chi connectivity index (χ0v) is 11.7. The Morgan fingerprint density at radius 1 is 1.39 bits per heavy atom. The summed E-state index contributed by atoms with van der Waals surface area (Å²) in [6.45, 7) is 8.50. The van der Waals surface area contributed by atoms with Crippen LogP contribution in [0.5, 0.6) is 0 Å². The van der Waals surface area contributed by atoms with Crippen molar-refractivity contribution in [2.75, 3.05) is 26.7 Å². The van der Waals surface area contributed by atoms with E-state index in [1.165, 1.54) is 0 Å².